The van der Waals surface area contributed by atoms with Gasteiger partial charge in [0.1, 0.15) is 6.54 Å². The molecule has 2 aliphatic carbocycles. The molecule has 4 aromatic rings. The summed E-state index contributed by atoms with van der Waals surface area (Å²) in [6.45, 7) is 3.81. The van der Waals surface area contributed by atoms with Crippen LogP contribution in [-0.4, -0.2) is 27.5 Å². The monoisotopic (exact) mass is 655 g/mol. The number of carbonyl (C=O) groups excluding carboxylic acids is 3. The van der Waals surface area contributed by atoms with Crippen LogP contribution < -0.4 is 15.1 Å². The van der Waals surface area contributed by atoms with Crippen LogP contribution in [0.5, 0.6) is 0 Å². The highest BCUT2D eigenvalue weighted by Gasteiger charge is 2.69. The van der Waals surface area contributed by atoms with Gasteiger partial charge >= 0.3 is 4.87 Å². The third kappa shape index (κ3) is 4.46. The zero-order valence-corrected chi connectivity index (χ0v) is 27.0. The molecular weight excluding hydrogens is 626 g/mol. The summed E-state index contributed by atoms with van der Waals surface area (Å²) in [7, 11) is 0. The lowest BCUT2D eigenvalue weighted by molar-refractivity contribution is -0.123. The Bertz CT molecular complexity index is 1940. The molecule has 45 heavy (non-hydrogen) atoms. The van der Waals surface area contributed by atoms with Crippen molar-refractivity contribution in [1.29, 1.82) is 0 Å². The van der Waals surface area contributed by atoms with Gasteiger partial charge in [0.2, 0.25) is 17.7 Å². The predicted octanol–water partition coefficient (Wildman–Crippen LogP) is 6.50. The first-order chi connectivity index (χ1) is 21.7. The molecule has 2 saturated carbocycles. The third-order valence-electron chi connectivity index (χ3n) is 10.2. The van der Waals surface area contributed by atoms with E-state index in [-0.39, 0.29) is 69.9 Å². The Hall–Kier alpha value is -3.66. The number of thioether (sulfide) groups is 1. The quantitative estimate of drug-likeness (QED) is 0.248. The zero-order valence-electron chi connectivity index (χ0n) is 24.6. The maximum absolute atomic E-state index is 14.0. The van der Waals surface area contributed by atoms with Gasteiger partial charge in [0.25, 0.3) is 0 Å². The van der Waals surface area contributed by atoms with Gasteiger partial charge in [-0.15, -0.1) is 11.8 Å². The number of benzene rings is 3. The van der Waals surface area contributed by atoms with Crippen molar-refractivity contribution in [2.45, 2.75) is 43.0 Å². The number of aryl methyl sites for hydroxylation is 2. The van der Waals surface area contributed by atoms with Crippen molar-refractivity contribution >= 4 is 63.8 Å². The van der Waals surface area contributed by atoms with Crippen LogP contribution in [0.3, 0.4) is 0 Å². The van der Waals surface area contributed by atoms with Gasteiger partial charge in [-0.25, -0.2) is 0 Å². The van der Waals surface area contributed by atoms with Crippen LogP contribution in [0.25, 0.3) is 0 Å². The molecular formula is C35H30ClN3O4S2. The van der Waals surface area contributed by atoms with Crippen LogP contribution in [-0.2, 0) is 20.9 Å². The number of fused-ring (bicyclic) bond motifs is 9. The number of nitrogens with one attached hydrogen (secondary N) is 1. The van der Waals surface area contributed by atoms with Crippen LogP contribution in [0.15, 0.2) is 82.6 Å². The Balaban J connectivity index is 1.18. The van der Waals surface area contributed by atoms with E-state index < -0.39 is 0 Å². The molecule has 1 N–H and O–H groups in total. The largest absolute Gasteiger partial charge is 0.324 e. The van der Waals surface area contributed by atoms with Gasteiger partial charge in [0.15, 0.2) is 0 Å². The molecule has 10 heteroatoms. The number of hydrogen-bond donors (Lipinski definition) is 1. The number of amides is 3. The molecule has 3 amide bonds. The molecule has 2 bridgehead atoms. The SMILES string of the molecule is Cc1ccc(N2C(=O)C3C4CC(C3C2=O)C2C(c3ccc(Cl)cc3)c3sc(=O)n(CC(=O)Nc5ccccc5C)c3SC42)cc1. The van der Waals surface area contributed by atoms with Crippen molar-refractivity contribution in [1.82, 2.24) is 4.57 Å². The molecule has 2 aliphatic heterocycles. The predicted molar refractivity (Wildman–Crippen MR) is 177 cm³/mol. The molecule has 7 unspecified atom stereocenters. The van der Waals surface area contributed by atoms with E-state index in [1.54, 1.807) is 16.3 Å². The Morgan fingerprint density at radius 1 is 0.911 bits per heavy atom. The molecule has 4 aliphatic rings. The summed E-state index contributed by atoms with van der Waals surface area (Å²) in [4.78, 5) is 57.0. The van der Waals surface area contributed by atoms with Crippen LogP contribution in [0, 0.1) is 43.4 Å². The molecule has 3 aromatic carbocycles. The van der Waals surface area contributed by atoms with Gasteiger partial charge < -0.3 is 5.32 Å². The number of para-hydroxylation sites is 1. The first-order valence-electron chi connectivity index (χ1n) is 15.2. The molecule has 0 radical (unpaired) electrons. The molecule has 0 spiro atoms. The normalized spacial score (nSPS) is 27.8. The maximum Gasteiger partial charge on any atom is 0.308 e. The number of rotatable bonds is 5. The second-order valence-electron chi connectivity index (χ2n) is 12.6. The second-order valence-corrected chi connectivity index (χ2v) is 15.2. The molecule has 3 heterocycles. The van der Waals surface area contributed by atoms with Gasteiger partial charge in [-0.2, -0.15) is 0 Å². The summed E-state index contributed by atoms with van der Waals surface area (Å²) in [5.41, 5.74) is 4.38. The molecule has 8 rings (SSSR count). The van der Waals surface area contributed by atoms with Crippen molar-refractivity contribution in [3.8, 4) is 0 Å². The highest BCUT2D eigenvalue weighted by molar-refractivity contribution is 8.00. The van der Waals surface area contributed by atoms with Crippen LogP contribution in [0.1, 0.15) is 33.9 Å². The zero-order chi connectivity index (χ0) is 31.1. The fraction of sp³-hybridized carbons (Fsp3) is 0.314. The van der Waals surface area contributed by atoms with E-state index in [0.717, 1.165) is 33.0 Å². The van der Waals surface area contributed by atoms with E-state index in [2.05, 4.69) is 5.32 Å². The number of anilines is 2. The number of hydrogen-bond acceptors (Lipinski definition) is 6. The fourth-order valence-corrected chi connectivity index (χ4v) is 11.6. The standard InChI is InChI=1S/C35H30ClN3O4S2/c1-17-7-13-21(14-8-17)39-32(41)28-22-15-23(29(28)33(39)42)30-27(22)26(19-9-11-20(36)12-10-19)31-34(44-30)38(35(43)45-31)16-25(40)37-24-6-4-3-5-18(24)2/h3-14,22-23,26-30H,15-16H2,1-2H3,(H,37,40). The molecule has 3 fully saturated rings. The van der Waals surface area contributed by atoms with Gasteiger partial charge in [-0.3, -0.25) is 28.6 Å². The van der Waals surface area contributed by atoms with E-state index in [4.69, 9.17) is 11.6 Å². The number of halogens is 1. The lowest BCUT2D eigenvalue weighted by Gasteiger charge is -2.43. The molecule has 228 valence electrons. The summed E-state index contributed by atoms with van der Waals surface area (Å²) in [6, 6.07) is 22.9. The van der Waals surface area contributed by atoms with Crippen molar-refractivity contribution in [3.63, 3.8) is 0 Å². The van der Waals surface area contributed by atoms with Crippen molar-refractivity contribution in [2.75, 3.05) is 10.2 Å². The summed E-state index contributed by atoms with van der Waals surface area (Å²) in [6.07, 6.45) is 0.800. The minimum Gasteiger partial charge on any atom is -0.324 e. The minimum absolute atomic E-state index is 0.00547. The number of carbonyl (C=O) groups is 3. The number of thiazole rings is 1. The highest BCUT2D eigenvalue weighted by Crippen LogP contribution is 2.69. The molecule has 7 nitrogen and oxygen atoms in total. The Morgan fingerprint density at radius 3 is 2.31 bits per heavy atom. The molecule has 1 saturated heterocycles. The van der Waals surface area contributed by atoms with E-state index in [1.165, 1.54) is 16.2 Å². The van der Waals surface area contributed by atoms with Crippen LogP contribution in [0.4, 0.5) is 11.4 Å². The number of nitrogens with zero attached hydrogens (tertiary/aromatic N) is 2. The first-order valence-corrected chi connectivity index (χ1v) is 17.2. The summed E-state index contributed by atoms with van der Waals surface area (Å²) in [5, 5.41) is 4.41. The molecule has 7 atom stereocenters. The average molecular weight is 656 g/mol. The summed E-state index contributed by atoms with van der Waals surface area (Å²) < 4.78 is 1.60. The summed E-state index contributed by atoms with van der Waals surface area (Å²) >= 11 is 9.11. The van der Waals surface area contributed by atoms with Gasteiger partial charge in [-0.05, 0) is 79.5 Å². The highest BCUT2D eigenvalue weighted by atomic mass is 35.5. The lowest BCUT2D eigenvalue weighted by Crippen LogP contribution is -2.43. The number of aromatic nitrogens is 1. The van der Waals surface area contributed by atoms with Gasteiger partial charge in [0, 0.05) is 26.8 Å². The second kappa shape index (κ2) is 10.7. The average Bonchev–Trinajstić information content (AvgIpc) is 3.74. The van der Waals surface area contributed by atoms with E-state index in [9.17, 15) is 19.2 Å². The van der Waals surface area contributed by atoms with Gasteiger partial charge in [-0.1, -0.05) is 71.0 Å². The number of imide groups is 1. The smallest absolute Gasteiger partial charge is 0.308 e. The Labute approximate surface area is 273 Å². The van der Waals surface area contributed by atoms with Crippen molar-refractivity contribution in [3.05, 3.63) is 109 Å². The van der Waals surface area contributed by atoms with Crippen molar-refractivity contribution < 1.29 is 14.4 Å². The maximum atomic E-state index is 14.0. The van der Waals surface area contributed by atoms with Crippen LogP contribution in [0.2, 0.25) is 5.02 Å². The van der Waals surface area contributed by atoms with E-state index in [1.807, 2.05) is 86.6 Å². The van der Waals surface area contributed by atoms with Gasteiger partial charge in [0.05, 0.1) is 22.5 Å². The summed E-state index contributed by atoms with van der Waals surface area (Å²) in [5.74, 6) is -1.32. The van der Waals surface area contributed by atoms with Crippen molar-refractivity contribution in [2.24, 2.45) is 29.6 Å². The van der Waals surface area contributed by atoms with E-state index in [0.29, 0.717) is 16.4 Å². The fourth-order valence-electron chi connectivity index (χ4n) is 8.29. The Kier molecular flexibility index (Phi) is 6.85. The Morgan fingerprint density at radius 2 is 1.60 bits per heavy atom. The van der Waals surface area contributed by atoms with Crippen LogP contribution >= 0.6 is 34.7 Å². The topological polar surface area (TPSA) is 88.5 Å². The third-order valence-corrected chi connectivity index (χ3v) is 13.2. The molecule has 1 aromatic heterocycles. The first kappa shape index (κ1) is 28.8. The lowest BCUT2D eigenvalue weighted by atomic mass is 9.68. The van der Waals surface area contributed by atoms with E-state index >= 15 is 0 Å². The minimum atomic E-state index is -0.381.